The first-order valence-electron chi connectivity index (χ1n) is 7.89. The molecule has 2 aromatic heterocycles. The first kappa shape index (κ1) is 14.4. The number of aromatic nitrogens is 2. The standard InChI is InChI=1S/C17H25N3O/c1-12-7-8-14(21-12)16-13(11-19-20-16)10-18-15-6-4-5-9-17(15,2)3/h7-8,11,15,18H,4-6,9-10H2,1-3H3,(H,19,20). The molecule has 1 unspecified atom stereocenters. The van der Waals surface area contributed by atoms with Crippen LogP contribution in [-0.4, -0.2) is 16.2 Å². The lowest BCUT2D eigenvalue weighted by atomic mass is 9.73. The lowest BCUT2D eigenvalue weighted by molar-refractivity contribution is 0.167. The fourth-order valence-corrected chi connectivity index (χ4v) is 3.33. The van der Waals surface area contributed by atoms with Crippen LogP contribution in [0.3, 0.4) is 0 Å². The summed E-state index contributed by atoms with van der Waals surface area (Å²) in [6, 6.07) is 4.56. The van der Waals surface area contributed by atoms with E-state index in [9.17, 15) is 0 Å². The number of furan rings is 1. The Morgan fingerprint density at radius 1 is 1.38 bits per heavy atom. The normalized spacial score (nSPS) is 21.6. The molecule has 3 rings (SSSR count). The highest BCUT2D eigenvalue weighted by atomic mass is 16.3. The number of nitrogens with zero attached hydrogens (tertiary/aromatic N) is 1. The minimum absolute atomic E-state index is 0.378. The van der Waals surface area contributed by atoms with Crippen molar-refractivity contribution in [3.8, 4) is 11.5 Å². The molecule has 1 saturated carbocycles. The van der Waals surface area contributed by atoms with Crippen molar-refractivity contribution >= 4 is 0 Å². The summed E-state index contributed by atoms with van der Waals surface area (Å²) in [6.07, 6.45) is 7.15. The van der Waals surface area contributed by atoms with Crippen molar-refractivity contribution in [3.05, 3.63) is 29.7 Å². The monoisotopic (exact) mass is 287 g/mol. The summed E-state index contributed by atoms with van der Waals surface area (Å²) in [5.41, 5.74) is 2.54. The van der Waals surface area contributed by atoms with Crippen LogP contribution in [0.2, 0.25) is 0 Å². The molecule has 1 fully saturated rings. The van der Waals surface area contributed by atoms with Gasteiger partial charge in [-0.1, -0.05) is 26.7 Å². The maximum absolute atomic E-state index is 5.70. The Morgan fingerprint density at radius 2 is 2.24 bits per heavy atom. The average Bonchev–Trinajstić information content (AvgIpc) is 3.05. The number of H-pyrrole nitrogens is 1. The summed E-state index contributed by atoms with van der Waals surface area (Å²) >= 11 is 0. The van der Waals surface area contributed by atoms with Gasteiger partial charge in [0.1, 0.15) is 11.5 Å². The van der Waals surface area contributed by atoms with E-state index in [0.29, 0.717) is 11.5 Å². The molecule has 0 amide bonds. The highest BCUT2D eigenvalue weighted by molar-refractivity contribution is 5.56. The van der Waals surface area contributed by atoms with Gasteiger partial charge in [0, 0.05) is 18.2 Å². The number of aromatic amines is 1. The van der Waals surface area contributed by atoms with Crippen LogP contribution >= 0.6 is 0 Å². The summed E-state index contributed by atoms with van der Waals surface area (Å²) < 4.78 is 5.70. The first-order chi connectivity index (χ1) is 10.1. The zero-order chi connectivity index (χ0) is 14.9. The van der Waals surface area contributed by atoms with E-state index in [-0.39, 0.29) is 0 Å². The number of rotatable bonds is 4. The van der Waals surface area contributed by atoms with Crippen molar-refractivity contribution in [1.82, 2.24) is 15.5 Å². The van der Waals surface area contributed by atoms with Gasteiger partial charge in [-0.05, 0) is 37.3 Å². The molecule has 21 heavy (non-hydrogen) atoms. The molecule has 0 radical (unpaired) electrons. The van der Waals surface area contributed by atoms with E-state index in [4.69, 9.17) is 4.42 Å². The third-order valence-electron chi connectivity index (χ3n) is 4.75. The van der Waals surface area contributed by atoms with Crippen molar-refractivity contribution in [2.75, 3.05) is 0 Å². The van der Waals surface area contributed by atoms with Gasteiger partial charge in [-0.2, -0.15) is 5.10 Å². The largest absolute Gasteiger partial charge is 0.460 e. The summed E-state index contributed by atoms with van der Waals surface area (Å²) in [5, 5.41) is 11.0. The van der Waals surface area contributed by atoms with E-state index in [1.807, 2.05) is 25.3 Å². The molecule has 4 heteroatoms. The van der Waals surface area contributed by atoms with Gasteiger partial charge in [-0.25, -0.2) is 0 Å². The van der Waals surface area contributed by atoms with E-state index in [1.54, 1.807) is 0 Å². The molecule has 2 N–H and O–H groups in total. The van der Waals surface area contributed by atoms with Gasteiger partial charge >= 0.3 is 0 Å². The second kappa shape index (κ2) is 5.68. The maximum Gasteiger partial charge on any atom is 0.152 e. The summed E-state index contributed by atoms with van der Waals surface area (Å²) in [6.45, 7) is 7.54. The Labute approximate surface area is 126 Å². The van der Waals surface area contributed by atoms with Crippen LogP contribution in [0.1, 0.15) is 50.9 Å². The quantitative estimate of drug-likeness (QED) is 0.892. The van der Waals surface area contributed by atoms with Crippen molar-refractivity contribution in [2.24, 2.45) is 5.41 Å². The minimum Gasteiger partial charge on any atom is -0.460 e. The van der Waals surface area contributed by atoms with E-state index in [1.165, 1.54) is 31.2 Å². The fourth-order valence-electron chi connectivity index (χ4n) is 3.33. The van der Waals surface area contributed by atoms with Gasteiger partial charge < -0.3 is 9.73 Å². The van der Waals surface area contributed by atoms with Gasteiger partial charge in [0.25, 0.3) is 0 Å². The van der Waals surface area contributed by atoms with Crippen LogP contribution in [0.4, 0.5) is 0 Å². The predicted octanol–water partition coefficient (Wildman–Crippen LogP) is 4.04. The average molecular weight is 287 g/mol. The Kier molecular flexibility index (Phi) is 3.89. The molecule has 114 valence electrons. The Balaban J connectivity index is 1.70. The van der Waals surface area contributed by atoms with Crippen molar-refractivity contribution in [1.29, 1.82) is 0 Å². The highest BCUT2D eigenvalue weighted by Gasteiger charge is 2.31. The van der Waals surface area contributed by atoms with E-state index in [0.717, 1.165) is 23.8 Å². The lowest BCUT2D eigenvalue weighted by Crippen LogP contribution is -2.43. The molecule has 1 atom stereocenters. The first-order valence-corrected chi connectivity index (χ1v) is 7.89. The topological polar surface area (TPSA) is 53.9 Å². The predicted molar refractivity (Wildman–Crippen MR) is 83.9 cm³/mol. The molecule has 0 aliphatic heterocycles. The van der Waals surface area contributed by atoms with Crippen LogP contribution < -0.4 is 5.32 Å². The van der Waals surface area contributed by atoms with Crippen molar-refractivity contribution in [2.45, 2.75) is 59.0 Å². The van der Waals surface area contributed by atoms with Gasteiger partial charge in [0.15, 0.2) is 5.76 Å². The molecular weight excluding hydrogens is 262 g/mol. The van der Waals surface area contributed by atoms with Crippen LogP contribution in [-0.2, 0) is 6.54 Å². The summed E-state index contributed by atoms with van der Waals surface area (Å²) in [7, 11) is 0. The lowest BCUT2D eigenvalue weighted by Gasteiger charge is -2.39. The van der Waals surface area contributed by atoms with Crippen LogP contribution in [0.15, 0.2) is 22.7 Å². The summed E-state index contributed by atoms with van der Waals surface area (Å²) in [4.78, 5) is 0. The van der Waals surface area contributed by atoms with Crippen molar-refractivity contribution < 1.29 is 4.42 Å². The van der Waals surface area contributed by atoms with Crippen LogP contribution in [0, 0.1) is 12.3 Å². The number of aryl methyl sites for hydroxylation is 1. The van der Waals surface area contributed by atoms with Gasteiger partial charge in [-0.15, -0.1) is 0 Å². The molecule has 0 spiro atoms. The number of hydrogen-bond acceptors (Lipinski definition) is 3. The SMILES string of the molecule is Cc1ccc(-c2[nH]ncc2CNC2CCCCC2(C)C)o1. The fraction of sp³-hybridized carbons (Fsp3) is 0.588. The van der Waals surface area contributed by atoms with Crippen molar-refractivity contribution in [3.63, 3.8) is 0 Å². The molecule has 0 aromatic carbocycles. The third kappa shape index (κ3) is 3.05. The highest BCUT2D eigenvalue weighted by Crippen LogP contribution is 2.35. The summed E-state index contributed by atoms with van der Waals surface area (Å²) in [5.74, 6) is 1.79. The van der Waals surface area contributed by atoms with Crippen LogP contribution in [0.25, 0.3) is 11.5 Å². The van der Waals surface area contributed by atoms with Gasteiger partial charge in [0.05, 0.1) is 6.20 Å². The second-order valence-electron chi connectivity index (χ2n) is 6.85. The third-order valence-corrected chi connectivity index (χ3v) is 4.75. The molecule has 1 aliphatic rings. The van der Waals surface area contributed by atoms with E-state index >= 15 is 0 Å². The van der Waals surface area contributed by atoms with Gasteiger partial charge in [0.2, 0.25) is 0 Å². The molecule has 2 heterocycles. The smallest absolute Gasteiger partial charge is 0.152 e. The Hall–Kier alpha value is -1.55. The molecule has 0 bridgehead atoms. The maximum atomic E-state index is 5.70. The zero-order valence-electron chi connectivity index (χ0n) is 13.2. The number of nitrogens with one attached hydrogen (secondary N) is 2. The second-order valence-corrected chi connectivity index (χ2v) is 6.85. The zero-order valence-corrected chi connectivity index (χ0v) is 13.2. The van der Waals surface area contributed by atoms with E-state index < -0.39 is 0 Å². The van der Waals surface area contributed by atoms with E-state index in [2.05, 4.69) is 29.4 Å². The minimum atomic E-state index is 0.378. The Bertz CT molecular complexity index is 597. The molecule has 4 nitrogen and oxygen atoms in total. The Morgan fingerprint density at radius 3 is 2.95 bits per heavy atom. The van der Waals surface area contributed by atoms with Crippen LogP contribution in [0.5, 0.6) is 0 Å². The van der Waals surface area contributed by atoms with Gasteiger partial charge in [-0.3, -0.25) is 5.10 Å². The molecular formula is C17H25N3O. The molecule has 0 saturated heterocycles. The molecule has 1 aliphatic carbocycles. The number of hydrogen-bond donors (Lipinski definition) is 2. The molecule has 2 aromatic rings.